The lowest BCUT2D eigenvalue weighted by molar-refractivity contribution is 0.594. The van der Waals surface area contributed by atoms with Crippen LogP contribution >= 0.6 is 23.2 Å². The van der Waals surface area contributed by atoms with Gasteiger partial charge in [0.25, 0.3) is 0 Å². The number of hydrogen-bond acceptors (Lipinski definition) is 4. The quantitative estimate of drug-likeness (QED) is 0.816. The molecule has 0 unspecified atom stereocenters. The number of halogens is 2. The highest BCUT2D eigenvalue weighted by molar-refractivity contribution is 7.92. The summed E-state index contributed by atoms with van der Waals surface area (Å²) in [5.41, 5.74) is 7.23. The standard InChI is InChI=1S/C15H14Cl2N2O2S/c1-2-5-19-12-4-3-10(18)8-13(12)22(20,21)14-7-9(16)6-11(17)15(14)19/h3-4,6-8H,2,5,18H2,1H3. The SMILES string of the molecule is CCCN1c2ccc(N)cc2S(=O)(=O)c2cc(Cl)cc(Cl)c21. The van der Waals surface area contributed by atoms with E-state index >= 15 is 0 Å². The van der Waals surface area contributed by atoms with E-state index in [4.69, 9.17) is 28.9 Å². The highest BCUT2D eigenvalue weighted by Gasteiger charge is 2.35. The minimum atomic E-state index is -3.71. The summed E-state index contributed by atoms with van der Waals surface area (Å²) < 4.78 is 25.8. The molecule has 0 saturated carbocycles. The minimum Gasteiger partial charge on any atom is -0.399 e. The first kappa shape index (κ1) is 15.5. The Balaban J connectivity index is 2.40. The van der Waals surface area contributed by atoms with Crippen molar-refractivity contribution in [3.05, 3.63) is 40.4 Å². The van der Waals surface area contributed by atoms with Crippen LogP contribution in [0, 0.1) is 0 Å². The number of nitrogens with zero attached hydrogens (tertiary/aromatic N) is 1. The maximum atomic E-state index is 12.9. The summed E-state index contributed by atoms with van der Waals surface area (Å²) in [6.45, 7) is 2.66. The molecule has 0 saturated heterocycles. The summed E-state index contributed by atoms with van der Waals surface area (Å²) in [6, 6.07) is 7.87. The van der Waals surface area contributed by atoms with E-state index in [1.54, 1.807) is 18.2 Å². The van der Waals surface area contributed by atoms with Gasteiger partial charge in [0, 0.05) is 17.3 Å². The molecule has 2 aromatic carbocycles. The van der Waals surface area contributed by atoms with Gasteiger partial charge in [0.05, 0.1) is 26.2 Å². The monoisotopic (exact) mass is 356 g/mol. The van der Waals surface area contributed by atoms with Crippen LogP contribution < -0.4 is 10.6 Å². The fourth-order valence-electron chi connectivity index (χ4n) is 2.67. The third-order valence-corrected chi connectivity index (χ3v) is 5.87. The highest BCUT2D eigenvalue weighted by Crippen LogP contribution is 2.48. The van der Waals surface area contributed by atoms with E-state index in [2.05, 4.69) is 0 Å². The molecule has 0 bridgehead atoms. The van der Waals surface area contributed by atoms with Crippen LogP contribution in [0.5, 0.6) is 0 Å². The van der Waals surface area contributed by atoms with Crippen molar-refractivity contribution in [3.8, 4) is 0 Å². The largest absolute Gasteiger partial charge is 0.399 e. The van der Waals surface area contributed by atoms with Gasteiger partial charge in [-0.3, -0.25) is 0 Å². The van der Waals surface area contributed by atoms with E-state index in [0.29, 0.717) is 28.6 Å². The van der Waals surface area contributed by atoms with Gasteiger partial charge >= 0.3 is 0 Å². The number of sulfone groups is 1. The molecule has 7 heteroatoms. The molecule has 0 aliphatic carbocycles. The Morgan fingerprint density at radius 1 is 1.14 bits per heavy atom. The first-order chi connectivity index (χ1) is 10.4. The molecule has 0 fully saturated rings. The van der Waals surface area contributed by atoms with E-state index in [-0.39, 0.29) is 14.8 Å². The van der Waals surface area contributed by atoms with E-state index < -0.39 is 9.84 Å². The molecule has 1 aliphatic rings. The van der Waals surface area contributed by atoms with Crippen molar-refractivity contribution < 1.29 is 8.42 Å². The summed E-state index contributed by atoms with van der Waals surface area (Å²) in [6.07, 6.45) is 0.836. The zero-order valence-electron chi connectivity index (χ0n) is 11.8. The summed E-state index contributed by atoms with van der Waals surface area (Å²) in [4.78, 5) is 2.22. The number of benzene rings is 2. The molecular weight excluding hydrogens is 343 g/mol. The van der Waals surface area contributed by atoms with E-state index in [1.807, 2.05) is 11.8 Å². The molecule has 22 heavy (non-hydrogen) atoms. The molecule has 0 amide bonds. The molecule has 116 valence electrons. The van der Waals surface area contributed by atoms with Gasteiger partial charge < -0.3 is 10.6 Å². The van der Waals surface area contributed by atoms with Crippen molar-refractivity contribution in [2.24, 2.45) is 0 Å². The Morgan fingerprint density at radius 3 is 2.55 bits per heavy atom. The van der Waals surface area contributed by atoms with Gasteiger partial charge in [-0.05, 0) is 36.8 Å². The Bertz CT molecular complexity index is 866. The topological polar surface area (TPSA) is 63.4 Å². The van der Waals surface area contributed by atoms with Gasteiger partial charge in [-0.25, -0.2) is 8.42 Å². The van der Waals surface area contributed by atoms with Crippen LogP contribution in [-0.2, 0) is 9.84 Å². The van der Waals surface area contributed by atoms with Crippen molar-refractivity contribution >= 4 is 50.1 Å². The van der Waals surface area contributed by atoms with Crippen LogP contribution in [0.1, 0.15) is 13.3 Å². The summed E-state index contributed by atoms with van der Waals surface area (Å²) in [7, 11) is -3.71. The first-order valence-electron chi connectivity index (χ1n) is 6.77. The molecule has 2 aromatic rings. The number of nitrogen functional groups attached to an aromatic ring is 1. The van der Waals surface area contributed by atoms with Crippen LogP contribution in [0.4, 0.5) is 17.1 Å². The molecule has 3 rings (SSSR count). The maximum Gasteiger partial charge on any atom is 0.210 e. The van der Waals surface area contributed by atoms with Crippen LogP contribution in [0.2, 0.25) is 10.0 Å². The molecule has 2 N–H and O–H groups in total. The molecular formula is C15H14Cl2N2O2S. The average molecular weight is 357 g/mol. The van der Waals surface area contributed by atoms with Crippen LogP contribution in [0.15, 0.2) is 40.1 Å². The van der Waals surface area contributed by atoms with Gasteiger partial charge in [0.2, 0.25) is 9.84 Å². The lowest BCUT2D eigenvalue weighted by Gasteiger charge is -2.33. The Labute approximate surface area is 139 Å². The number of nitrogens with two attached hydrogens (primary N) is 1. The normalized spacial score (nSPS) is 15.3. The fourth-order valence-corrected chi connectivity index (χ4v) is 5.13. The van der Waals surface area contributed by atoms with E-state index in [1.165, 1.54) is 12.1 Å². The number of fused-ring (bicyclic) bond motifs is 2. The summed E-state index contributed by atoms with van der Waals surface area (Å²) in [5.74, 6) is 0. The Kier molecular flexibility index (Phi) is 3.75. The first-order valence-corrected chi connectivity index (χ1v) is 9.01. The average Bonchev–Trinajstić information content (AvgIpc) is 2.44. The van der Waals surface area contributed by atoms with Crippen molar-refractivity contribution in [2.75, 3.05) is 17.2 Å². The fraction of sp³-hybridized carbons (Fsp3) is 0.200. The predicted octanol–water partition coefficient (Wildman–Crippen LogP) is 4.27. The molecule has 0 atom stereocenters. The van der Waals surface area contributed by atoms with Gasteiger partial charge in [-0.15, -0.1) is 0 Å². The van der Waals surface area contributed by atoms with Crippen molar-refractivity contribution in [1.82, 2.24) is 0 Å². The lowest BCUT2D eigenvalue weighted by Crippen LogP contribution is -2.27. The van der Waals surface area contributed by atoms with Crippen molar-refractivity contribution in [3.63, 3.8) is 0 Å². The summed E-state index contributed by atoms with van der Waals surface area (Å²) in [5, 5.41) is 0.609. The molecule has 0 radical (unpaired) electrons. The number of anilines is 3. The van der Waals surface area contributed by atoms with Gasteiger partial charge in [-0.1, -0.05) is 30.1 Å². The Hall–Kier alpha value is -1.43. The van der Waals surface area contributed by atoms with Crippen molar-refractivity contribution in [1.29, 1.82) is 0 Å². The second kappa shape index (κ2) is 5.33. The minimum absolute atomic E-state index is 0.122. The predicted molar refractivity (Wildman–Crippen MR) is 90.1 cm³/mol. The molecule has 1 aliphatic heterocycles. The Morgan fingerprint density at radius 2 is 1.86 bits per heavy atom. The second-order valence-electron chi connectivity index (χ2n) is 5.12. The lowest BCUT2D eigenvalue weighted by atomic mass is 10.2. The highest BCUT2D eigenvalue weighted by atomic mass is 35.5. The molecule has 1 heterocycles. The number of rotatable bonds is 2. The van der Waals surface area contributed by atoms with Crippen LogP contribution in [0.3, 0.4) is 0 Å². The molecule has 4 nitrogen and oxygen atoms in total. The smallest absolute Gasteiger partial charge is 0.210 e. The summed E-state index contributed by atoms with van der Waals surface area (Å²) >= 11 is 12.3. The van der Waals surface area contributed by atoms with Crippen molar-refractivity contribution in [2.45, 2.75) is 23.1 Å². The second-order valence-corrected chi connectivity index (χ2v) is 7.85. The number of hydrogen-bond donors (Lipinski definition) is 1. The zero-order valence-corrected chi connectivity index (χ0v) is 14.1. The maximum absolute atomic E-state index is 12.9. The van der Waals surface area contributed by atoms with Gasteiger partial charge in [0.1, 0.15) is 0 Å². The zero-order chi connectivity index (χ0) is 16.1. The van der Waals surface area contributed by atoms with Gasteiger partial charge in [0.15, 0.2) is 0 Å². The van der Waals surface area contributed by atoms with Crippen LogP contribution in [0.25, 0.3) is 0 Å². The van der Waals surface area contributed by atoms with E-state index in [9.17, 15) is 8.42 Å². The van der Waals surface area contributed by atoms with Gasteiger partial charge in [-0.2, -0.15) is 0 Å². The molecule has 0 spiro atoms. The third kappa shape index (κ3) is 2.24. The third-order valence-electron chi connectivity index (χ3n) is 3.56. The van der Waals surface area contributed by atoms with Crippen LogP contribution in [-0.4, -0.2) is 15.0 Å². The van der Waals surface area contributed by atoms with E-state index in [0.717, 1.165) is 6.42 Å². The molecule has 0 aromatic heterocycles.